The topological polar surface area (TPSA) is 133 Å². The Morgan fingerprint density at radius 2 is 1.53 bits per heavy atom. The van der Waals surface area contributed by atoms with Gasteiger partial charge >= 0.3 is 11.9 Å². The number of piperidine rings is 1. The lowest BCUT2D eigenvalue weighted by Gasteiger charge is -2.48. The van der Waals surface area contributed by atoms with Crippen LogP contribution < -0.4 is 0 Å². The Balaban J connectivity index is 1.47. The van der Waals surface area contributed by atoms with Crippen LogP contribution in [0.2, 0.25) is 0 Å². The Morgan fingerprint density at radius 1 is 0.953 bits per heavy atom. The quantitative estimate of drug-likeness (QED) is 0.241. The molecule has 2 heterocycles. The van der Waals surface area contributed by atoms with Crippen LogP contribution in [0.4, 0.5) is 5.69 Å². The first kappa shape index (κ1) is 30.1. The first-order valence-electron chi connectivity index (χ1n) is 14.7. The Labute approximate surface area is 251 Å². The fourth-order valence-corrected chi connectivity index (χ4v) is 7.49. The summed E-state index contributed by atoms with van der Waals surface area (Å²) in [6.45, 7) is 5.22. The number of carboxylic acid groups (broad SMARTS) is 2. The zero-order chi connectivity index (χ0) is 30.8. The van der Waals surface area contributed by atoms with E-state index in [1.54, 1.807) is 19.9 Å². The van der Waals surface area contributed by atoms with Crippen molar-refractivity contribution in [2.45, 2.75) is 50.5 Å². The SMILES string of the molecule is CC1=NC(C)C(CCN2CCC(c3ccccc3)(c3ccccc3)CC2)(C(=O)O)C(c2cccc([N+](=O)[O-])c2)C1C(=O)O. The van der Waals surface area contributed by atoms with E-state index in [4.69, 9.17) is 0 Å². The van der Waals surface area contributed by atoms with Crippen molar-refractivity contribution >= 4 is 23.3 Å². The number of nitrogens with zero attached hydrogens (tertiary/aromatic N) is 3. The van der Waals surface area contributed by atoms with Crippen LogP contribution in [0.15, 0.2) is 89.9 Å². The number of likely N-dealkylation sites (tertiary alicyclic amines) is 1. The molecule has 0 amide bonds. The van der Waals surface area contributed by atoms with Gasteiger partial charge in [-0.1, -0.05) is 72.8 Å². The number of benzene rings is 3. The highest BCUT2D eigenvalue weighted by atomic mass is 16.6. The summed E-state index contributed by atoms with van der Waals surface area (Å²) >= 11 is 0. The van der Waals surface area contributed by atoms with Gasteiger partial charge in [0.2, 0.25) is 0 Å². The number of nitro benzene ring substituents is 1. The third-order valence-corrected chi connectivity index (χ3v) is 9.79. The van der Waals surface area contributed by atoms with Gasteiger partial charge in [0.1, 0.15) is 5.92 Å². The number of carboxylic acids is 2. The maximum absolute atomic E-state index is 13.3. The number of hydrogen-bond acceptors (Lipinski definition) is 6. The van der Waals surface area contributed by atoms with Gasteiger partial charge in [-0.15, -0.1) is 0 Å². The van der Waals surface area contributed by atoms with E-state index in [0.717, 1.165) is 25.9 Å². The van der Waals surface area contributed by atoms with Crippen molar-refractivity contribution in [1.29, 1.82) is 0 Å². The summed E-state index contributed by atoms with van der Waals surface area (Å²) in [5.74, 6) is -4.59. The molecule has 9 nitrogen and oxygen atoms in total. The molecule has 0 radical (unpaired) electrons. The van der Waals surface area contributed by atoms with Gasteiger partial charge < -0.3 is 15.1 Å². The Kier molecular flexibility index (Phi) is 8.46. The highest BCUT2D eigenvalue weighted by Crippen LogP contribution is 2.52. The van der Waals surface area contributed by atoms with E-state index >= 15 is 0 Å². The van der Waals surface area contributed by atoms with E-state index in [2.05, 4.69) is 58.4 Å². The summed E-state index contributed by atoms with van der Waals surface area (Å²) in [4.78, 5) is 43.8. The number of aliphatic carboxylic acids is 2. The van der Waals surface area contributed by atoms with E-state index in [1.165, 1.54) is 29.3 Å². The minimum atomic E-state index is -1.58. The van der Waals surface area contributed by atoms with Gasteiger partial charge in [-0.05, 0) is 69.4 Å². The zero-order valence-corrected chi connectivity index (χ0v) is 24.4. The van der Waals surface area contributed by atoms with Gasteiger partial charge in [-0.3, -0.25) is 24.7 Å². The van der Waals surface area contributed by atoms with E-state index < -0.39 is 40.2 Å². The molecule has 2 N–H and O–H groups in total. The average Bonchev–Trinajstić information content (AvgIpc) is 3.01. The van der Waals surface area contributed by atoms with Crippen molar-refractivity contribution in [3.05, 3.63) is 112 Å². The molecule has 4 unspecified atom stereocenters. The van der Waals surface area contributed by atoms with E-state index in [-0.39, 0.29) is 17.5 Å². The third-order valence-electron chi connectivity index (χ3n) is 9.79. The monoisotopic (exact) mass is 583 g/mol. The lowest BCUT2D eigenvalue weighted by Crippen LogP contribution is -2.55. The van der Waals surface area contributed by atoms with Crippen molar-refractivity contribution in [3.8, 4) is 0 Å². The fourth-order valence-electron chi connectivity index (χ4n) is 7.49. The first-order valence-corrected chi connectivity index (χ1v) is 14.7. The number of aliphatic imine (C=N–C) groups is 1. The zero-order valence-electron chi connectivity index (χ0n) is 24.4. The number of rotatable bonds is 9. The molecule has 1 saturated heterocycles. The van der Waals surface area contributed by atoms with Gasteiger partial charge in [0, 0.05) is 29.2 Å². The molecule has 0 bridgehead atoms. The Bertz CT molecular complexity index is 1480. The molecule has 1 fully saturated rings. The van der Waals surface area contributed by atoms with Crippen molar-refractivity contribution in [3.63, 3.8) is 0 Å². The Morgan fingerprint density at radius 3 is 2.05 bits per heavy atom. The molecule has 224 valence electrons. The first-order chi connectivity index (χ1) is 20.6. The van der Waals surface area contributed by atoms with Gasteiger partial charge in [0.25, 0.3) is 5.69 Å². The summed E-state index contributed by atoms with van der Waals surface area (Å²) in [6.07, 6.45) is 1.85. The molecule has 0 spiro atoms. The molecule has 5 rings (SSSR count). The van der Waals surface area contributed by atoms with Gasteiger partial charge in [0.15, 0.2) is 0 Å². The van der Waals surface area contributed by atoms with Crippen LogP contribution in [0.5, 0.6) is 0 Å². The van der Waals surface area contributed by atoms with Gasteiger partial charge in [-0.25, -0.2) is 0 Å². The highest BCUT2D eigenvalue weighted by molar-refractivity contribution is 6.03. The molecule has 2 aliphatic heterocycles. The number of nitro groups is 1. The van der Waals surface area contributed by atoms with Crippen LogP contribution in [-0.4, -0.2) is 63.4 Å². The molecule has 9 heteroatoms. The van der Waals surface area contributed by atoms with Gasteiger partial charge in [0.05, 0.1) is 16.4 Å². The largest absolute Gasteiger partial charge is 0.481 e. The van der Waals surface area contributed by atoms with E-state index in [9.17, 15) is 29.9 Å². The second kappa shape index (κ2) is 12.1. The van der Waals surface area contributed by atoms with E-state index in [0.29, 0.717) is 17.8 Å². The van der Waals surface area contributed by atoms with Crippen LogP contribution in [0, 0.1) is 21.4 Å². The van der Waals surface area contributed by atoms with Crippen LogP contribution in [-0.2, 0) is 15.0 Å². The van der Waals surface area contributed by atoms with Crippen molar-refractivity contribution in [1.82, 2.24) is 4.90 Å². The average molecular weight is 584 g/mol. The number of carbonyl (C=O) groups is 2. The van der Waals surface area contributed by atoms with E-state index in [1.807, 2.05) is 12.1 Å². The molecular weight excluding hydrogens is 546 g/mol. The fraction of sp³-hybridized carbons (Fsp3) is 0.382. The summed E-state index contributed by atoms with van der Waals surface area (Å²) in [5, 5.41) is 32.8. The smallest absolute Gasteiger partial charge is 0.312 e. The van der Waals surface area contributed by atoms with Crippen molar-refractivity contribution < 1.29 is 24.7 Å². The lowest BCUT2D eigenvalue weighted by atomic mass is 9.58. The molecule has 43 heavy (non-hydrogen) atoms. The normalized spacial score (nSPS) is 25.4. The molecular formula is C34H37N3O6. The minimum Gasteiger partial charge on any atom is -0.481 e. The third kappa shape index (κ3) is 5.45. The maximum atomic E-state index is 13.3. The van der Waals surface area contributed by atoms with Crippen molar-refractivity contribution in [2.24, 2.45) is 16.3 Å². The lowest BCUT2D eigenvalue weighted by molar-refractivity contribution is -0.385. The van der Waals surface area contributed by atoms with Crippen LogP contribution in [0.1, 0.15) is 55.7 Å². The summed E-state index contributed by atoms with van der Waals surface area (Å²) in [6, 6.07) is 25.9. The predicted octanol–water partition coefficient (Wildman–Crippen LogP) is 5.79. The van der Waals surface area contributed by atoms with Crippen LogP contribution in [0.25, 0.3) is 0 Å². The predicted molar refractivity (Wildman–Crippen MR) is 164 cm³/mol. The summed E-state index contributed by atoms with van der Waals surface area (Å²) in [5.41, 5.74) is 1.21. The minimum absolute atomic E-state index is 0.154. The second-order valence-corrected chi connectivity index (χ2v) is 11.8. The molecule has 3 aromatic carbocycles. The van der Waals surface area contributed by atoms with Crippen molar-refractivity contribution in [2.75, 3.05) is 19.6 Å². The maximum Gasteiger partial charge on any atom is 0.312 e. The molecule has 4 atom stereocenters. The number of non-ortho nitro benzene ring substituents is 1. The molecule has 0 saturated carbocycles. The Hall–Kier alpha value is -4.37. The summed E-state index contributed by atoms with van der Waals surface area (Å²) in [7, 11) is 0. The molecule has 2 aliphatic rings. The molecule has 3 aromatic rings. The van der Waals surface area contributed by atoms with Crippen LogP contribution in [0.3, 0.4) is 0 Å². The highest BCUT2D eigenvalue weighted by Gasteiger charge is 2.58. The number of hydrogen-bond donors (Lipinski definition) is 2. The molecule has 0 aliphatic carbocycles. The standard InChI is InChI=1S/C34H37N3O6/c1-23-29(31(38)39)30(25-10-9-15-28(22-25)37(42)43)34(32(40)41,24(2)35-23)18-21-36-19-16-33(17-20-36,26-11-5-3-6-12-26)27-13-7-4-8-14-27/h3-15,22,24,29-30H,16-21H2,1-2H3,(H,38,39)(H,40,41). The second-order valence-electron chi connectivity index (χ2n) is 11.8. The summed E-state index contributed by atoms with van der Waals surface area (Å²) < 4.78 is 0. The molecule has 0 aromatic heterocycles. The van der Waals surface area contributed by atoms with Gasteiger partial charge in [-0.2, -0.15) is 0 Å². The van der Waals surface area contributed by atoms with Crippen LogP contribution >= 0.6 is 0 Å².